The molecule has 2 aromatic carbocycles. The highest BCUT2D eigenvalue weighted by molar-refractivity contribution is 9.10. The number of anilines is 2. The third-order valence-electron chi connectivity index (χ3n) is 2.84. The van der Waals surface area contributed by atoms with Crippen molar-refractivity contribution in [2.75, 3.05) is 10.1 Å². The van der Waals surface area contributed by atoms with Crippen LogP contribution in [0.3, 0.4) is 0 Å². The number of nitrogens with one attached hydrogen (secondary N) is 2. The molecule has 0 amide bonds. The predicted octanol–water partition coefficient (Wildman–Crippen LogP) is 2.98. The molecule has 0 radical (unpaired) electrons. The van der Waals surface area contributed by atoms with Crippen molar-refractivity contribution in [3.8, 4) is 0 Å². The standard InChI is InChI=1S/C13H13BrFN3O2S/c1-8-6-10(15)9(14)7-12(8)18-21(19,20)13-5-3-2-4-11(13)17-16/h2-7,17-18H,16H2,1H3. The highest BCUT2D eigenvalue weighted by Crippen LogP contribution is 2.28. The van der Waals surface area contributed by atoms with Gasteiger partial charge in [0.1, 0.15) is 10.7 Å². The molecule has 4 N–H and O–H groups in total. The zero-order valence-corrected chi connectivity index (χ0v) is 13.4. The van der Waals surface area contributed by atoms with Crippen LogP contribution in [-0.4, -0.2) is 8.42 Å². The lowest BCUT2D eigenvalue weighted by Gasteiger charge is -2.14. The number of hydrogen-bond acceptors (Lipinski definition) is 4. The maximum atomic E-state index is 13.4. The average Bonchev–Trinajstić information content (AvgIpc) is 2.44. The lowest BCUT2D eigenvalue weighted by Crippen LogP contribution is -2.18. The summed E-state index contributed by atoms with van der Waals surface area (Å²) in [6.07, 6.45) is 0. The molecule has 0 unspecified atom stereocenters. The zero-order valence-electron chi connectivity index (χ0n) is 11.0. The van der Waals surface area contributed by atoms with E-state index in [1.165, 1.54) is 18.2 Å². The molecule has 0 spiro atoms. The first-order valence-corrected chi connectivity index (χ1v) is 8.17. The van der Waals surface area contributed by atoms with Crippen LogP contribution in [0.25, 0.3) is 0 Å². The molecule has 112 valence electrons. The Hall–Kier alpha value is -1.64. The van der Waals surface area contributed by atoms with Crippen molar-refractivity contribution in [2.24, 2.45) is 5.84 Å². The molecule has 0 saturated heterocycles. The molecule has 0 fully saturated rings. The van der Waals surface area contributed by atoms with Crippen LogP contribution in [0.5, 0.6) is 0 Å². The molecule has 8 heteroatoms. The molecule has 0 aromatic heterocycles. The van der Waals surface area contributed by atoms with E-state index in [1.807, 2.05) is 0 Å². The minimum Gasteiger partial charge on any atom is -0.323 e. The highest BCUT2D eigenvalue weighted by Gasteiger charge is 2.19. The summed E-state index contributed by atoms with van der Waals surface area (Å²) >= 11 is 3.03. The molecule has 5 nitrogen and oxygen atoms in total. The highest BCUT2D eigenvalue weighted by atomic mass is 79.9. The van der Waals surface area contributed by atoms with E-state index in [4.69, 9.17) is 5.84 Å². The van der Waals surface area contributed by atoms with E-state index < -0.39 is 15.8 Å². The van der Waals surface area contributed by atoms with Crippen molar-refractivity contribution in [3.63, 3.8) is 0 Å². The van der Waals surface area contributed by atoms with Crippen LogP contribution in [0.1, 0.15) is 5.56 Å². The Bertz CT molecular complexity index is 781. The van der Waals surface area contributed by atoms with Crippen LogP contribution in [0.15, 0.2) is 45.8 Å². The van der Waals surface area contributed by atoms with E-state index in [9.17, 15) is 12.8 Å². The van der Waals surface area contributed by atoms with Crippen LogP contribution in [-0.2, 0) is 10.0 Å². The Labute approximate surface area is 130 Å². The topological polar surface area (TPSA) is 84.2 Å². The Morgan fingerprint density at radius 3 is 2.52 bits per heavy atom. The summed E-state index contributed by atoms with van der Waals surface area (Å²) in [4.78, 5) is 0.00680. The Kier molecular flexibility index (Phi) is 4.50. The molecule has 2 aromatic rings. The zero-order chi connectivity index (χ0) is 15.6. The third kappa shape index (κ3) is 3.34. The van der Waals surface area contributed by atoms with Gasteiger partial charge in [0, 0.05) is 0 Å². The maximum absolute atomic E-state index is 13.4. The van der Waals surface area contributed by atoms with Gasteiger partial charge in [0.05, 0.1) is 15.8 Å². The van der Waals surface area contributed by atoms with Crippen molar-refractivity contribution in [2.45, 2.75) is 11.8 Å². The van der Waals surface area contributed by atoms with Crippen LogP contribution in [0, 0.1) is 12.7 Å². The first kappa shape index (κ1) is 15.7. The maximum Gasteiger partial charge on any atom is 0.264 e. The predicted molar refractivity (Wildman–Crippen MR) is 83.9 cm³/mol. The van der Waals surface area contributed by atoms with E-state index >= 15 is 0 Å². The van der Waals surface area contributed by atoms with Crippen molar-refractivity contribution in [1.82, 2.24) is 0 Å². The number of hydrogen-bond donors (Lipinski definition) is 3. The number of nitrogen functional groups attached to an aromatic ring is 1. The summed E-state index contributed by atoms with van der Waals surface area (Å²) in [5.74, 6) is 4.86. The van der Waals surface area contributed by atoms with Gasteiger partial charge in [-0.05, 0) is 52.7 Å². The summed E-state index contributed by atoms with van der Waals surface area (Å²) in [7, 11) is -3.84. The van der Waals surface area contributed by atoms with Gasteiger partial charge in [-0.2, -0.15) is 0 Å². The van der Waals surface area contributed by atoms with Crippen molar-refractivity contribution in [3.05, 3.63) is 52.3 Å². The van der Waals surface area contributed by atoms with Gasteiger partial charge in [-0.1, -0.05) is 12.1 Å². The number of para-hydroxylation sites is 1. The van der Waals surface area contributed by atoms with Gasteiger partial charge >= 0.3 is 0 Å². The molecule has 0 heterocycles. The molecule has 0 atom stereocenters. The number of sulfonamides is 1. The molecule has 0 aliphatic heterocycles. The quantitative estimate of drug-likeness (QED) is 0.568. The molecule has 0 aliphatic carbocycles. The second-order valence-corrected chi connectivity index (χ2v) is 6.83. The fraction of sp³-hybridized carbons (Fsp3) is 0.0769. The Morgan fingerprint density at radius 2 is 1.86 bits per heavy atom. The van der Waals surface area contributed by atoms with Crippen molar-refractivity contribution < 1.29 is 12.8 Å². The van der Waals surface area contributed by atoms with Gasteiger partial charge in [-0.15, -0.1) is 0 Å². The van der Waals surface area contributed by atoms with Crippen LogP contribution in [0.4, 0.5) is 15.8 Å². The summed E-state index contributed by atoms with van der Waals surface area (Å²) in [5.41, 5.74) is 3.36. The second kappa shape index (κ2) is 6.00. The van der Waals surface area contributed by atoms with E-state index in [2.05, 4.69) is 26.1 Å². The van der Waals surface area contributed by atoms with E-state index in [0.29, 0.717) is 5.56 Å². The number of halogens is 2. The number of nitrogens with two attached hydrogens (primary N) is 1. The first-order chi connectivity index (χ1) is 9.85. The van der Waals surface area contributed by atoms with Crippen molar-refractivity contribution in [1.29, 1.82) is 0 Å². The van der Waals surface area contributed by atoms with Crippen LogP contribution < -0.4 is 16.0 Å². The fourth-order valence-corrected chi connectivity index (χ4v) is 3.41. The third-order valence-corrected chi connectivity index (χ3v) is 4.88. The SMILES string of the molecule is Cc1cc(F)c(Br)cc1NS(=O)(=O)c1ccccc1NN. The number of rotatable bonds is 4. The van der Waals surface area contributed by atoms with Gasteiger partial charge in [-0.3, -0.25) is 10.6 Å². The average molecular weight is 374 g/mol. The summed E-state index contributed by atoms with van der Waals surface area (Å²) in [5, 5.41) is 0. The van der Waals surface area contributed by atoms with E-state index in [-0.39, 0.29) is 20.7 Å². The van der Waals surface area contributed by atoms with Gasteiger partial charge < -0.3 is 5.43 Å². The van der Waals surface area contributed by atoms with Crippen LogP contribution >= 0.6 is 15.9 Å². The lowest BCUT2D eigenvalue weighted by molar-refractivity contribution is 0.601. The molecule has 0 aliphatic rings. The Morgan fingerprint density at radius 1 is 1.19 bits per heavy atom. The largest absolute Gasteiger partial charge is 0.323 e. The fourth-order valence-electron chi connectivity index (χ4n) is 1.78. The molecule has 0 saturated carbocycles. The lowest BCUT2D eigenvalue weighted by atomic mass is 10.2. The summed E-state index contributed by atoms with van der Waals surface area (Å²) < 4.78 is 40.8. The minimum atomic E-state index is -3.84. The molecule has 0 bridgehead atoms. The molecular weight excluding hydrogens is 361 g/mol. The van der Waals surface area contributed by atoms with Gasteiger partial charge in [0.25, 0.3) is 10.0 Å². The summed E-state index contributed by atoms with van der Waals surface area (Å²) in [6.45, 7) is 1.61. The number of hydrazine groups is 1. The normalized spacial score (nSPS) is 11.2. The van der Waals surface area contributed by atoms with E-state index in [1.54, 1.807) is 25.1 Å². The first-order valence-electron chi connectivity index (χ1n) is 5.89. The smallest absolute Gasteiger partial charge is 0.264 e. The Balaban J connectivity index is 2.45. The van der Waals surface area contributed by atoms with Gasteiger partial charge in [-0.25, -0.2) is 12.8 Å². The van der Waals surface area contributed by atoms with Crippen LogP contribution in [0.2, 0.25) is 0 Å². The molecule has 21 heavy (non-hydrogen) atoms. The summed E-state index contributed by atoms with van der Waals surface area (Å²) in [6, 6.07) is 8.83. The van der Waals surface area contributed by atoms with E-state index in [0.717, 1.165) is 0 Å². The second-order valence-electron chi connectivity index (χ2n) is 4.33. The molecule has 2 rings (SSSR count). The van der Waals surface area contributed by atoms with Gasteiger partial charge in [0.15, 0.2) is 0 Å². The van der Waals surface area contributed by atoms with Gasteiger partial charge in [0.2, 0.25) is 0 Å². The monoisotopic (exact) mass is 373 g/mol. The number of aryl methyl sites for hydroxylation is 1. The number of benzene rings is 2. The molecular formula is C13H13BrFN3O2S. The van der Waals surface area contributed by atoms with Crippen molar-refractivity contribution >= 4 is 37.3 Å². The minimum absolute atomic E-state index is 0.00680.